The van der Waals surface area contributed by atoms with E-state index in [1.54, 1.807) is 11.8 Å². The zero-order valence-electron chi connectivity index (χ0n) is 10.9. The Balaban J connectivity index is 2.09. The van der Waals surface area contributed by atoms with Gasteiger partial charge in [0.25, 0.3) is 0 Å². The van der Waals surface area contributed by atoms with E-state index in [4.69, 9.17) is 4.74 Å². The van der Waals surface area contributed by atoms with Gasteiger partial charge in [0, 0.05) is 12.7 Å². The largest absolute Gasteiger partial charge is 0.355 e. The molecule has 0 radical (unpaired) electrons. The first-order valence-corrected chi connectivity index (χ1v) is 6.19. The number of hydrogen-bond donors (Lipinski definition) is 0. The molecule has 4 heteroatoms. The van der Waals surface area contributed by atoms with Gasteiger partial charge in [-0.15, -0.1) is 5.10 Å². The summed E-state index contributed by atoms with van der Waals surface area (Å²) < 4.78 is 7.39. The van der Waals surface area contributed by atoms with Crippen LogP contribution in [0, 0.1) is 6.92 Å². The number of hydrogen-bond acceptors (Lipinski definition) is 3. The smallest absolute Gasteiger partial charge is 0.178 e. The fourth-order valence-corrected chi connectivity index (χ4v) is 2.17. The molecule has 3 rings (SSSR count). The second kappa shape index (κ2) is 4.82. The average Bonchev–Trinajstić information content (AvgIpc) is 2.86. The molecule has 1 aromatic heterocycles. The van der Waals surface area contributed by atoms with Crippen LogP contribution < -0.4 is 0 Å². The highest BCUT2D eigenvalue weighted by atomic mass is 16.5. The average molecular weight is 253 g/mol. The van der Waals surface area contributed by atoms with E-state index in [-0.39, 0.29) is 6.23 Å². The second-order valence-corrected chi connectivity index (χ2v) is 4.52. The summed E-state index contributed by atoms with van der Waals surface area (Å²) in [6.07, 6.45) is -0.256. The Labute approximate surface area is 111 Å². The van der Waals surface area contributed by atoms with Crippen LogP contribution in [0.5, 0.6) is 0 Å². The minimum Gasteiger partial charge on any atom is -0.355 e. The monoisotopic (exact) mass is 253 g/mol. The van der Waals surface area contributed by atoms with E-state index >= 15 is 0 Å². The molecule has 1 atom stereocenters. The molecule has 0 saturated heterocycles. The summed E-state index contributed by atoms with van der Waals surface area (Å²) in [6.45, 7) is 2.07. The topological polar surface area (TPSA) is 39.9 Å². The second-order valence-electron chi connectivity index (χ2n) is 4.52. The molecule has 96 valence electrons. The molecule has 0 bridgehead atoms. The molecular weight excluding hydrogens is 238 g/mol. The quantitative estimate of drug-likeness (QED) is 0.720. The third-order valence-electron chi connectivity index (χ3n) is 3.19. The number of rotatable bonds is 3. The third-order valence-corrected chi connectivity index (χ3v) is 3.19. The van der Waals surface area contributed by atoms with Crippen molar-refractivity contribution in [3.63, 3.8) is 0 Å². The van der Waals surface area contributed by atoms with Gasteiger partial charge in [0.05, 0.1) is 5.52 Å². The lowest BCUT2D eigenvalue weighted by molar-refractivity contribution is 0.0702. The predicted octanol–water partition coefficient (Wildman–Crippen LogP) is 2.93. The van der Waals surface area contributed by atoms with E-state index in [1.807, 2.05) is 24.3 Å². The Bertz CT molecular complexity index is 688. The number of ether oxygens (including phenoxy) is 1. The van der Waals surface area contributed by atoms with Crippen molar-refractivity contribution in [3.05, 3.63) is 59.7 Å². The number of benzene rings is 2. The van der Waals surface area contributed by atoms with Crippen LogP contribution in [0.2, 0.25) is 0 Å². The third kappa shape index (κ3) is 2.11. The normalized spacial score (nSPS) is 12.7. The maximum absolute atomic E-state index is 5.59. The predicted molar refractivity (Wildman–Crippen MR) is 73.9 cm³/mol. The lowest BCUT2D eigenvalue weighted by Crippen LogP contribution is -2.14. The van der Waals surface area contributed by atoms with Crippen molar-refractivity contribution in [2.75, 3.05) is 7.11 Å². The highest BCUT2D eigenvalue weighted by Crippen LogP contribution is 2.22. The summed E-state index contributed by atoms with van der Waals surface area (Å²) in [4.78, 5) is 0. The Morgan fingerprint density at radius 3 is 2.53 bits per heavy atom. The van der Waals surface area contributed by atoms with Crippen molar-refractivity contribution in [2.45, 2.75) is 13.2 Å². The van der Waals surface area contributed by atoms with E-state index in [9.17, 15) is 0 Å². The Morgan fingerprint density at radius 1 is 1.05 bits per heavy atom. The Hall–Kier alpha value is -2.20. The molecule has 3 aromatic rings. The summed E-state index contributed by atoms with van der Waals surface area (Å²) in [6, 6.07) is 16.1. The summed E-state index contributed by atoms with van der Waals surface area (Å²) in [5.41, 5.74) is 4.12. The number of para-hydroxylation sites is 1. The number of aryl methyl sites for hydroxylation is 1. The minimum atomic E-state index is -0.256. The van der Waals surface area contributed by atoms with Gasteiger partial charge in [-0.25, -0.2) is 4.68 Å². The molecule has 19 heavy (non-hydrogen) atoms. The van der Waals surface area contributed by atoms with Crippen molar-refractivity contribution in [1.82, 2.24) is 15.0 Å². The SMILES string of the molecule is COC(c1ccc(C)cc1)n1nnc2ccccc21. The van der Waals surface area contributed by atoms with Gasteiger partial charge < -0.3 is 4.74 Å². The molecule has 0 amide bonds. The van der Waals surface area contributed by atoms with Crippen molar-refractivity contribution in [3.8, 4) is 0 Å². The number of fused-ring (bicyclic) bond motifs is 1. The van der Waals surface area contributed by atoms with Crippen molar-refractivity contribution in [1.29, 1.82) is 0 Å². The van der Waals surface area contributed by atoms with Gasteiger partial charge in [0.2, 0.25) is 0 Å². The van der Waals surface area contributed by atoms with Gasteiger partial charge in [-0.3, -0.25) is 0 Å². The highest BCUT2D eigenvalue weighted by Gasteiger charge is 2.16. The van der Waals surface area contributed by atoms with Crippen LogP contribution in [0.15, 0.2) is 48.5 Å². The summed E-state index contributed by atoms with van der Waals surface area (Å²) in [7, 11) is 1.68. The standard InChI is InChI=1S/C15H15N3O/c1-11-7-9-12(10-8-11)15(19-2)18-14-6-4-3-5-13(14)16-17-18/h3-10,15H,1-2H3. The molecule has 1 unspecified atom stereocenters. The van der Waals surface area contributed by atoms with E-state index < -0.39 is 0 Å². The first-order chi connectivity index (χ1) is 9.29. The molecule has 0 aliphatic rings. The first kappa shape index (κ1) is 11.9. The molecule has 2 aromatic carbocycles. The van der Waals surface area contributed by atoms with Crippen LogP contribution in [0.1, 0.15) is 17.4 Å². The van der Waals surface area contributed by atoms with Crippen molar-refractivity contribution < 1.29 is 4.74 Å². The van der Waals surface area contributed by atoms with Gasteiger partial charge in [0.1, 0.15) is 5.52 Å². The molecule has 4 nitrogen and oxygen atoms in total. The van der Waals surface area contributed by atoms with Gasteiger partial charge in [-0.05, 0) is 19.1 Å². The van der Waals surface area contributed by atoms with Crippen LogP contribution in [-0.4, -0.2) is 22.1 Å². The molecule has 0 aliphatic heterocycles. The fourth-order valence-electron chi connectivity index (χ4n) is 2.17. The molecule has 0 saturated carbocycles. The van der Waals surface area contributed by atoms with E-state index in [0.29, 0.717) is 0 Å². The molecule has 0 fully saturated rings. The van der Waals surface area contributed by atoms with E-state index in [0.717, 1.165) is 16.6 Å². The zero-order chi connectivity index (χ0) is 13.2. The van der Waals surface area contributed by atoms with Gasteiger partial charge in [-0.1, -0.05) is 47.2 Å². The lowest BCUT2D eigenvalue weighted by atomic mass is 10.1. The number of nitrogens with zero attached hydrogens (tertiary/aromatic N) is 3. The number of methoxy groups -OCH3 is 1. The molecule has 0 spiro atoms. The van der Waals surface area contributed by atoms with Crippen molar-refractivity contribution >= 4 is 11.0 Å². The Morgan fingerprint density at radius 2 is 1.79 bits per heavy atom. The molecule has 0 N–H and O–H groups in total. The molecular formula is C15H15N3O. The maximum atomic E-state index is 5.59. The van der Waals surface area contributed by atoms with Gasteiger partial charge >= 0.3 is 0 Å². The summed E-state index contributed by atoms with van der Waals surface area (Å²) in [5.74, 6) is 0. The van der Waals surface area contributed by atoms with Gasteiger partial charge in [0.15, 0.2) is 6.23 Å². The summed E-state index contributed by atoms with van der Waals surface area (Å²) >= 11 is 0. The minimum absolute atomic E-state index is 0.256. The molecule has 1 heterocycles. The first-order valence-electron chi connectivity index (χ1n) is 6.19. The van der Waals surface area contributed by atoms with E-state index in [2.05, 4.69) is 41.5 Å². The van der Waals surface area contributed by atoms with Crippen LogP contribution in [0.25, 0.3) is 11.0 Å². The van der Waals surface area contributed by atoms with Crippen LogP contribution in [0.4, 0.5) is 0 Å². The van der Waals surface area contributed by atoms with Crippen LogP contribution in [0.3, 0.4) is 0 Å². The van der Waals surface area contributed by atoms with Crippen LogP contribution >= 0.6 is 0 Å². The Kier molecular flexibility index (Phi) is 3.01. The van der Waals surface area contributed by atoms with Gasteiger partial charge in [-0.2, -0.15) is 0 Å². The van der Waals surface area contributed by atoms with Crippen LogP contribution in [-0.2, 0) is 4.74 Å². The lowest BCUT2D eigenvalue weighted by Gasteiger charge is -2.16. The highest BCUT2D eigenvalue weighted by molar-refractivity contribution is 5.74. The van der Waals surface area contributed by atoms with E-state index in [1.165, 1.54) is 5.56 Å². The maximum Gasteiger partial charge on any atom is 0.178 e. The van der Waals surface area contributed by atoms with Crippen molar-refractivity contribution in [2.24, 2.45) is 0 Å². The molecule has 0 aliphatic carbocycles. The fraction of sp³-hybridized carbons (Fsp3) is 0.200. The zero-order valence-corrected chi connectivity index (χ0v) is 10.9. The summed E-state index contributed by atoms with van der Waals surface area (Å²) in [5, 5.41) is 8.37. The number of aromatic nitrogens is 3.